The van der Waals surface area contributed by atoms with Gasteiger partial charge in [0.25, 0.3) is 0 Å². The first-order valence-electron chi connectivity index (χ1n) is 11.7. The lowest BCUT2D eigenvalue weighted by atomic mass is 9.89. The second-order valence-electron chi connectivity index (χ2n) is 9.20. The van der Waals surface area contributed by atoms with Crippen molar-refractivity contribution in [3.05, 3.63) is 59.7 Å². The average molecular weight is 451 g/mol. The first-order chi connectivity index (χ1) is 15.9. The number of urea groups is 1. The molecule has 0 aliphatic carbocycles. The number of likely N-dealkylation sites (tertiary alicyclic amines) is 1. The van der Waals surface area contributed by atoms with Crippen LogP contribution in [0.4, 0.5) is 16.2 Å². The van der Waals surface area contributed by atoms with Crippen LogP contribution in [0.15, 0.2) is 48.5 Å². The minimum absolute atomic E-state index is 0.0453. The van der Waals surface area contributed by atoms with Crippen LogP contribution in [0.5, 0.6) is 0 Å². The number of benzene rings is 2. The average Bonchev–Trinajstić information content (AvgIpc) is 3.35. The van der Waals surface area contributed by atoms with E-state index in [0.29, 0.717) is 30.6 Å². The van der Waals surface area contributed by atoms with E-state index in [1.165, 1.54) is 24.8 Å². The highest BCUT2D eigenvalue weighted by Crippen LogP contribution is 2.29. The molecule has 1 atom stereocenters. The number of piperidine rings is 1. The highest BCUT2D eigenvalue weighted by molar-refractivity contribution is 5.90. The van der Waals surface area contributed by atoms with Crippen LogP contribution in [0, 0.1) is 0 Å². The number of anilines is 2. The summed E-state index contributed by atoms with van der Waals surface area (Å²) in [4.78, 5) is 31.0. The first-order valence-corrected chi connectivity index (χ1v) is 11.7. The van der Waals surface area contributed by atoms with Gasteiger partial charge in [0, 0.05) is 43.6 Å². The number of hydrogen-bond donors (Lipinski definition) is 1. The molecule has 0 spiro atoms. The zero-order valence-corrected chi connectivity index (χ0v) is 19.8. The lowest BCUT2D eigenvalue weighted by molar-refractivity contribution is 0.0600. The molecule has 2 saturated heterocycles. The Kier molecular flexibility index (Phi) is 7.18. The summed E-state index contributed by atoms with van der Waals surface area (Å²) in [6, 6.07) is 16.3. The second kappa shape index (κ2) is 10.3. The van der Waals surface area contributed by atoms with E-state index in [1.54, 1.807) is 0 Å². The number of amides is 2. The van der Waals surface area contributed by atoms with Gasteiger partial charge in [-0.15, -0.1) is 0 Å². The van der Waals surface area contributed by atoms with Gasteiger partial charge in [0.15, 0.2) is 0 Å². The molecule has 176 valence electrons. The van der Waals surface area contributed by atoms with E-state index < -0.39 is 0 Å². The molecule has 0 aromatic heterocycles. The Hall–Kier alpha value is -3.06. The molecule has 2 amide bonds. The van der Waals surface area contributed by atoms with E-state index in [-0.39, 0.29) is 12.0 Å². The van der Waals surface area contributed by atoms with Crippen LogP contribution in [-0.4, -0.2) is 75.2 Å². The zero-order chi connectivity index (χ0) is 23.4. The van der Waals surface area contributed by atoms with E-state index in [1.807, 2.05) is 41.3 Å². The summed E-state index contributed by atoms with van der Waals surface area (Å²) < 4.78 is 4.76. The largest absolute Gasteiger partial charge is 0.465 e. The SMILES string of the molecule is COC(=O)c1ccc(C2CCN(C(=O)Nc3ccc(N4CCC(N(C)C)C4)cc3)CC2)cc1. The molecular formula is C26H34N4O3. The maximum Gasteiger partial charge on any atom is 0.337 e. The quantitative estimate of drug-likeness (QED) is 0.697. The number of likely N-dealkylation sites (N-methyl/N-ethyl adjacent to an activating group) is 1. The number of nitrogens with one attached hydrogen (secondary N) is 1. The van der Waals surface area contributed by atoms with Crippen LogP contribution >= 0.6 is 0 Å². The fourth-order valence-electron chi connectivity index (χ4n) is 4.78. The molecule has 2 fully saturated rings. The summed E-state index contributed by atoms with van der Waals surface area (Å²) in [6.07, 6.45) is 2.99. The van der Waals surface area contributed by atoms with Gasteiger partial charge in [-0.25, -0.2) is 9.59 Å². The van der Waals surface area contributed by atoms with Crippen LogP contribution < -0.4 is 10.2 Å². The van der Waals surface area contributed by atoms with Crippen LogP contribution in [0.1, 0.15) is 41.1 Å². The third-order valence-electron chi connectivity index (χ3n) is 6.96. The van der Waals surface area contributed by atoms with Crippen molar-refractivity contribution in [2.24, 2.45) is 0 Å². The van der Waals surface area contributed by atoms with Crippen molar-refractivity contribution in [2.75, 3.05) is 57.6 Å². The smallest absolute Gasteiger partial charge is 0.337 e. The number of carbonyl (C=O) groups excluding carboxylic acids is 2. The standard InChI is InChI=1S/C26H34N4O3/c1-28(2)24-14-17-30(18-24)23-10-8-22(9-11-23)27-26(32)29-15-12-20(13-16-29)19-4-6-21(7-5-19)25(31)33-3/h4-11,20,24H,12-18H2,1-3H3,(H,27,32). The molecule has 0 radical (unpaired) electrons. The van der Waals surface area contributed by atoms with E-state index in [0.717, 1.165) is 31.6 Å². The summed E-state index contributed by atoms with van der Waals surface area (Å²) >= 11 is 0. The van der Waals surface area contributed by atoms with Crippen LogP contribution in [0.3, 0.4) is 0 Å². The van der Waals surface area contributed by atoms with Gasteiger partial charge in [-0.3, -0.25) is 0 Å². The Labute approximate surface area is 196 Å². The van der Waals surface area contributed by atoms with Crippen molar-refractivity contribution in [3.8, 4) is 0 Å². The molecule has 2 aliphatic rings. The number of carbonyl (C=O) groups is 2. The molecule has 33 heavy (non-hydrogen) atoms. The lowest BCUT2D eigenvalue weighted by Gasteiger charge is -2.32. The minimum atomic E-state index is -0.320. The van der Waals surface area contributed by atoms with E-state index >= 15 is 0 Å². The molecule has 2 aliphatic heterocycles. The minimum Gasteiger partial charge on any atom is -0.465 e. The normalized spacial score (nSPS) is 19.1. The van der Waals surface area contributed by atoms with E-state index in [4.69, 9.17) is 4.74 Å². The molecule has 1 unspecified atom stereocenters. The predicted octanol–water partition coefficient (Wildman–Crippen LogP) is 4.03. The van der Waals surface area contributed by atoms with Gasteiger partial charge in [-0.1, -0.05) is 12.1 Å². The number of nitrogens with zero attached hydrogens (tertiary/aromatic N) is 3. The zero-order valence-electron chi connectivity index (χ0n) is 19.8. The van der Waals surface area contributed by atoms with Crippen molar-refractivity contribution in [2.45, 2.75) is 31.2 Å². The Morgan fingerprint density at radius 2 is 1.61 bits per heavy atom. The molecule has 2 aromatic carbocycles. The van der Waals surface area contributed by atoms with Gasteiger partial charge in [0.05, 0.1) is 12.7 Å². The predicted molar refractivity (Wildman–Crippen MR) is 131 cm³/mol. The third-order valence-corrected chi connectivity index (χ3v) is 6.96. The van der Waals surface area contributed by atoms with Crippen molar-refractivity contribution < 1.29 is 14.3 Å². The Morgan fingerprint density at radius 1 is 0.939 bits per heavy atom. The van der Waals surface area contributed by atoms with Crippen molar-refractivity contribution in [1.29, 1.82) is 0 Å². The fraction of sp³-hybridized carbons (Fsp3) is 0.462. The highest BCUT2D eigenvalue weighted by atomic mass is 16.5. The van der Waals surface area contributed by atoms with Gasteiger partial charge in [-0.2, -0.15) is 0 Å². The van der Waals surface area contributed by atoms with Crippen LogP contribution in [0.25, 0.3) is 0 Å². The monoisotopic (exact) mass is 450 g/mol. The van der Waals surface area contributed by atoms with Gasteiger partial charge in [0.2, 0.25) is 0 Å². The number of rotatable bonds is 5. The van der Waals surface area contributed by atoms with Crippen molar-refractivity contribution >= 4 is 23.4 Å². The number of ether oxygens (including phenoxy) is 1. The lowest BCUT2D eigenvalue weighted by Crippen LogP contribution is -2.40. The summed E-state index contributed by atoms with van der Waals surface area (Å²) in [5.41, 5.74) is 3.80. The molecule has 2 heterocycles. The Balaban J connectivity index is 1.26. The van der Waals surface area contributed by atoms with Gasteiger partial charge in [0.1, 0.15) is 0 Å². The number of methoxy groups -OCH3 is 1. The number of esters is 1. The summed E-state index contributed by atoms with van der Waals surface area (Å²) in [5.74, 6) is 0.0748. The second-order valence-corrected chi connectivity index (χ2v) is 9.20. The molecule has 2 aromatic rings. The molecule has 0 bridgehead atoms. The summed E-state index contributed by atoms with van der Waals surface area (Å²) in [7, 11) is 5.66. The number of hydrogen-bond acceptors (Lipinski definition) is 5. The molecule has 4 rings (SSSR count). The Bertz CT molecular complexity index is 951. The molecule has 7 nitrogen and oxygen atoms in total. The van der Waals surface area contributed by atoms with E-state index in [2.05, 4.69) is 41.3 Å². The van der Waals surface area contributed by atoms with Crippen molar-refractivity contribution in [3.63, 3.8) is 0 Å². The summed E-state index contributed by atoms with van der Waals surface area (Å²) in [5, 5.41) is 3.05. The molecule has 1 N–H and O–H groups in total. The molecule has 0 saturated carbocycles. The van der Waals surface area contributed by atoms with Gasteiger partial charge < -0.3 is 24.8 Å². The van der Waals surface area contributed by atoms with E-state index in [9.17, 15) is 9.59 Å². The third kappa shape index (κ3) is 5.47. The fourth-order valence-corrected chi connectivity index (χ4v) is 4.78. The molecule has 7 heteroatoms. The van der Waals surface area contributed by atoms with Crippen molar-refractivity contribution in [1.82, 2.24) is 9.80 Å². The van der Waals surface area contributed by atoms with Crippen LogP contribution in [0.2, 0.25) is 0 Å². The first kappa shape index (κ1) is 23.1. The highest BCUT2D eigenvalue weighted by Gasteiger charge is 2.25. The topological polar surface area (TPSA) is 65.1 Å². The van der Waals surface area contributed by atoms with Gasteiger partial charge in [-0.05, 0) is 81.2 Å². The molecular weight excluding hydrogens is 416 g/mol. The Morgan fingerprint density at radius 3 is 2.18 bits per heavy atom. The maximum atomic E-state index is 12.8. The van der Waals surface area contributed by atoms with Gasteiger partial charge >= 0.3 is 12.0 Å². The summed E-state index contributed by atoms with van der Waals surface area (Å²) in [6.45, 7) is 3.54. The maximum absolute atomic E-state index is 12.8. The van der Waals surface area contributed by atoms with Crippen LogP contribution in [-0.2, 0) is 4.74 Å².